The topological polar surface area (TPSA) is 0 Å². The highest BCUT2D eigenvalue weighted by Gasteiger charge is 1.95. The van der Waals surface area contributed by atoms with Gasteiger partial charge in [-0.3, -0.25) is 0 Å². The van der Waals surface area contributed by atoms with Gasteiger partial charge >= 0.3 is 0 Å². The molecule has 0 aromatic carbocycles. The SMILES string of the molecule is C=C/C(=C\C=C/C)CCC(C)C.CC. The van der Waals surface area contributed by atoms with E-state index in [1.165, 1.54) is 12.0 Å². The predicted molar refractivity (Wildman–Crippen MR) is 68.5 cm³/mol. The van der Waals surface area contributed by atoms with Gasteiger partial charge < -0.3 is 0 Å². The van der Waals surface area contributed by atoms with E-state index in [1.54, 1.807) is 0 Å². The quantitative estimate of drug-likeness (QED) is 0.532. The third kappa shape index (κ3) is 11.2. The van der Waals surface area contributed by atoms with Crippen molar-refractivity contribution in [3.05, 3.63) is 36.5 Å². The second kappa shape index (κ2) is 12.2. The monoisotopic (exact) mass is 194 g/mol. The molecule has 0 radical (unpaired) electrons. The molecule has 0 heterocycles. The molecule has 82 valence electrons. The van der Waals surface area contributed by atoms with Gasteiger partial charge in [-0.25, -0.2) is 0 Å². The van der Waals surface area contributed by atoms with Crippen LogP contribution in [0.25, 0.3) is 0 Å². The summed E-state index contributed by atoms with van der Waals surface area (Å²) in [4.78, 5) is 0. The van der Waals surface area contributed by atoms with Gasteiger partial charge in [0.05, 0.1) is 0 Å². The molecule has 0 aromatic heterocycles. The van der Waals surface area contributed by atoms with Crippen molar-refractivity contribution in [2.45, 2.75) is 47.5 Å². The number of hydrogen-bond acceptors (Lipinski definition) is 0. The minimum atomic E-state index is 0.777. The Morgan fingerprint density at radius 2 is 1.86 bits per heavy atom. The Hall–Kier alpha value is -0.780. The molecular weight excluding hydrogens is 168 g/mol. The maximum absolute atomic E-state index is 3.79. The summed E-state index contributed by atoms with van der Waals surface area (Å²) in [5.74, 6) is 0.777. The fourth-order valence-corrected chi connectivity index (χ4v) is 0.929. The summed E-state index contributed by atoms with van der Waals surface area (Å²) in [7, 11) is 0. The van der Waals surface area contributed by atoms with Crippen LogP contribution in [-0.4, -0.2) is 0 Å². The maximum Gasteiger partial charge on any atom is -0.0277 e. The lowest BCUT2D eigenvalue weighted by Crippen LogP contribution is -1.87. The zero-order valence-corrected chi connectivity index (χ0v) is 10.5. The third-order valence-corrected chi connectivity index (χ3v) is 1.78. The van der Waals surface area contributed by atoms with Crippen molar-refractivity contribution in [2.75, 3.05) is 0 Å². The molecule has 0 bridgehead atoms. The second-order valence-corrected chi connectivity index (χ2v) is 3.40. The van der Waals surface area contributed by atoms with E-state index in [0.29, 0.717) is 0 Å². The van der Waals surface area contributed by atoms with Crippen LogP contribution in [-0.2, 0) is 0 Å². The minimum absolute atomic E-state index is 0.777. The lowest BCUT2D eigenvalue weighted by Gasteiger charge is -2.03. The summed E-state index contributed by atoms with van der Waals surface area (Å²) >= 11 is 0. The molecule has 0 nitrogen and oxygen atoms in total. The van der Waals surface area contributed by atoms with Crippen LogP contribution in [0.15, 0.2) is 36.5 Å². The predicted octanol–water partition coefficient (Wildman–Crippen LogP) is 5.14. The molecule has 0 fully saturated rings. The Morgan fingerprint density at radius 3 is 2.21 bits per heavy atom. The third-order valence-electron chi connectivity index (χ3n) is 1.78. The first-order valence-corrected chi connectivity index (χ1v) is 5.65. The van der Waals surface area contributed by atoms with Gasteiger partial charge in [0, 0.05) is 0 Å². The summed E-state index contributed by atoms with van der Waals surface area (Å²) < 4.78 is 0. The first-order chi connectivity index (χ1) is 6.70. The Balaban J connectivity index is 0. The standard InChI is InChI=1S/C12H20.C2H6/c1-5-7-8-12(6-2)10-9-11(3)4;1-2/h5-8,11H,2,9-10H2,1,3-4H3;1-2H3/b7-5-,12-8+;. The summed E-state index contributed by atoms with van der Waals surface area (Å²) in [5.41, 5.74) is 1.34. The summed E-state index contributed by atoms with van der Waals surface area (Å²) in [6.07, 6.45) is 10.6. The molecule has 0 aromatic rings. The van der Waals surface area contributed by atoms with Gasteiger partial charge in [0.25, 0.3) is 0 Å². The summed E-state index contributed by atoms with van der Waals surface area (Å²) in [6, 6.07) is 0. The van der Waals surface area contributed by atoms with E-state index in [9.17, 15) is 0 Å². The fraction of sp³-hybridized carbons (Fsp3) is 0.571. The Kier molecular flexibility index (Phi) is 13.7. The van der Waals surface area contributed by atoms with E-state index in [1.807, 2.05) is 32.9 Å². The van der Waals surface area contributed by atoms with E-state index in [0.717, 1.165) is 12.3 Å². The first-order valence-electron chi connectivity index (χ1n) is 5.65. The molecule has 14 heavy (non-hydrogen) atoms. The normalized spacial score (nSPS) is 11.4. The maximum atomic E-state index is 3.79. The summed E-state index contributed by atoms with van der Waals surface area (Å²) in [5, 5.41) is 0. The number of rotatable bonds is 5. The molecule has 0 N–H and O–H groups in total. The molecule has 0 unspecified atom stereocenters. The van der Waals surface area contributed by atoms with Gasteiger partial charge in [-0.2, -0.15) is 0 Å². The lowest BCUT2D eigenvalue weighted by molar-refractivity contribution is 0.588. The molecule has 0 saturated heterocycles. The minimum Gasteiger partial charge on any atom is -0.0988 e. The van der Waals surface area contributed by atoms with Crippen molar-refractivity contribution in [1.82, 2.24) is 0 Å². The molecular formula is C14H26. The fourth-order valence-electron chi connectivity index (χ4n) is 0.929. The van der Waals surface area contributed by atoms with Crippen LogP contribution < -0.4 is 0 Å². The molecule has 0 spiro atoms. The molecule has 0 aliphatic rings. The first kappa shape index (κ1) is 15.7. The van der Waals surface area contributed by atoms with Gasteiger partial charge in [0.1, 0.15) is 0 Å². The van der Waals surface area contributed by atoms with Crippen LogP contribution in [0, 0.1) is 5.92 Å². The van der Waals surface area contributed by atoms with Crippen molar-refractivity contribution in [3.8, 4) is 0 Å². The average molecular weight is 194 g/mol. The van der Waals surface area contributed by atoms with Crippen LogP contribution in [0.4, 0.5) is 0 Å². The highest BCUT2D eigenvalue weighted by atomic mass is 14.0. The van der Waals surface area contributed by atoms with E-state index in [2.05, 4.69) is 32.6 Å². The highest BCUT2D eigenvalue weighted by molar-refractivity contribution is 5.21. The van der Waals surface area contributed by atoms with Gasteiger partial charge in [-0.1, -0.05) is 58.6 Å². The van der Waals surface area contributed by atoms with E-state index in [4.69, 9.17) is 0 Å². The van der Waals surface area contributed by atoms with Crippen LogP contribution in [0.3, 0.4) is 0 Å². The van der Waals surface area contributed by atoms with Gasteiger partial charge in [-0.15, -0.1) is 0 Å². The zero-order valence-electron chi connectivity index (χ0n) is 10.5. The van der Waals surface area contributed by atoms with Crippen molar-refractivity contribution < 1.29 is 0 Å². The van der Waals surface area contributed by atoms with Crippen molar-refractivity contribution in [1.29, 1.82) is 0 Å². The highest BCUT2D eigenvalue weighted by Crippen LogP contribution is 2.11. The van der Waals surface area contributed by atoms with Crippen LogP contribution in [0.2, 0.25) is 0 Å². The van der Waals surface area contributed by atoms with Gasteiger partial charge in [0.15, 0.2) is 0 Å². The molecule has 0 aliphatic heterocycles. The van der Waals surface area contributed by atoms with Crippen molar-refractivity contribution in [2.24, 2.45) is 5.92 Å². The average Bonchev–Trinajstić information content (AvgIpc) is 2.21. The van der Waals surface area contributed by atoms with Gasteiger partial charge in [0.2, 0.25) is 0 Å². The molecule has 0 aliphatic carbocycles. The molecule has 0 saturated carbocycles. The lowest BCUT2D eigenvalue weighted by atomic mass is 10.0. The van der Waals surface area contributed by atoms with Crippen LogP contribution in [0.5, 0.6) is 0 Å². The Labute approximate surface area is 90.4 Å². The van der Waals surface area contributed by atoms with E-state index >= 15 is 0 Å². The van der Waals surface area contributed by atoms with E-state index in [-0.39, 0.29) is 0 Å². The van der Waals surface area contributed by atoms with E-state index < -0.39 is 0 Å². The largest absolute Gasteiger partial charge is 0.0988 e. The molecule has 0 atom stereocenters. The molecule has 0 amide bonds. The molecule has 0 rings (SSSR count). The molecule has 0 heteroatoms. The van der Waals surface area contributed by atoms with Crippen LogP contribution in [0.1, 0.15) is 47.5 Å². The Bertz CT molecular complexity index is 170. The Morgan fingerprint density at radius 1 is 1.29 bits per heavy atom. The van der Waals surface area contributed by atoms with Gasteiger partial charge in [-0.05, 0) is 31.3 Å². The summed E-state index contributed by atoms with van der Waals surface area (Å²) in [6.45, 7) is 14.3. The number of allylic oxidation sites excluding steroid dienone is 5. The second-order valence-electron chi connectivity index (χ2n) is 3.40. The van der Waals surface area contributed by atoms with Crippen molar-refractivity contribution >= 4 is 0 Å². The number of hydrogen-bond donors (Lipinski definition) is 0. The van der Waals surface area contributed by atoms with Crippen LogP contribution >= 0.6 is 0 Å². The smallest absolute Gasteiger partial charge is 0.0277 e. The zero-order chi connectivity index (χ0) is 11.4. The van der Waals surface area contributed by atoms with Crippen molar-refractivity contribution in [3.63, 3.8) is 0 Å².